The number of phosphoric acid groups is 1. The van der Waals surface area contributed by atoms with Crippen LogP contribution in [0.2, 0.25) is 19.6 Å². The number of esters is 3. The van der Waals surface area contributed by atoms with Gasteiger partial charge in [-0.05, 0) is 88.6 Å². The lowest BCUT2D eigenvalue weighted by atomic mass is 9.86. The Bertz CT molecular complexity index is 1700. The first kappa shape index (κ1) is 58.6. The Morgan fingerprint density at radius 3 is 2.36 bits per heavy atom. The van der Waals surface area contributed by atoms with Crippen molar-refractivity contribution in [2.45, 2.75) is 147 Å². The summed E-state index contributed by atoms with van der Waals surface area (Å²) in [7, 11) is -7.18. The van der Waals surface area contributed by atoms with Crippen LogP contribution in [0.5, 0.6) is 0 Å². The summed E-state index contributed by atoms with van der Waals surface area (Å²) in [5.74, 6) is -1.26. The number of hydrogen-bond acceptors (Lipinski definition) is 13. The average molecular weight is 983 g/mol. The van der Waals surface area contributed by atoms with Gasteiger partial charge in [0.1, 0.15) is 42.5 Å². The third-order valence-corrected chi connectivity index (χ3v) is 13.6. The molecule has 1 heterocycles. The molecule has 1 saturated carbocycles. The van der Waals surface area contributed by atoms with Crippen molar-refractivity contribution in [1.29, 1.82) is 0 Å². The number of unbranched alkanes of at least 4 members (excludes halogenated alkanes) is 1. The van der Waals surface area contributed by atoms with Crippen LogP contribution in [0.1, 0.15) is 97.8 Å². The molecule has 0 bridgehead atoms. The van der Waals surface area contributed by atoms with Gasteiger partial charge in [0, 0.05) is 31.4 Å². The zero-order valence-electron chi connectivity index (χ0n) is 40.2. The number of carbonyl (C=O) groups excluding carboxylic acids is 4. The highest BCUT2D eigenvalue weighted by Crippen LogP contribution is 2.53. The van der Waals surface area contributed by atoms with Crippen molar-refractivity contribution in [3.05, 3.63) is 86.6 Å². The number of alkyl carbamates (subject to hydrolysis) is 1. The van der Waals surface area contributed by atoms with Gasteiger partial charge in [-0.1, -0.05) is 95.2 Å². The number of hydrogen-bond donors (Lipinski definition) is 1. The van der Waals surface area contributed by atoms with Gasteiger partial charge in [-0.25, -0.2) is 14.2 Å². The first-order valence-corrected chi connectivity index (χ1v) is 28.7. The minimum atomic E-state index is -4.50. The quantitative estimate of drug-likeness (QED) is 0.00963. The molecule has 0 aromatic carbocycles. The molecular weight excluding hydrogens is 905 g/mol. The number of carbonyl (C=O) groups is 4. The van der Waals surface area contributed by atoms with Crippen molar-refractivity contribution < 1.29 is 60.7 Å². The highest BCUT2D eigenvalue weighted by molar-refractivity contribution is 7.48. The smallest absolute Gasteiger partial charge is 0.462 e. The first-order chi connectivity index (χ1) is 31.4. The fourth-order valence-corrected chi connectivity index (χ4v) is 10.4. The highest BCUT2D eigenvalue weighted by atomic mass is 35.5. The van der Waals surface area contributed by atoms with Crippen LogP contribution in [0.15, 0.2) is 86.6 Å². The number of nitrogens with one attached hydrogen (secondary N) is 1. The van der Waals surface area contributed by atoms with E-state index in [4.69, 9.17) is 48.5 Å². The Morgan fingerprint density at radius 2 is 1.73 bits per heavy atom. The van der Waals surface area contributed by atoms with Gasteiger partial charge in [-0.3, -0.25) is 23.2 Å². The Hall–Kier alpha value is -3.56. The second-order valence-corrected chi connectivity index (χ2v) is 23.9. The van der Waals surface area contributed by atoms with Crippen LogP contribution in [-0.2, 0) is 55.9 Å². The average Bonchev–Trinajstić information content (AvgIpc) is 3.28. The maximum Gasteiger partial charge on any atom is 0.475 e. The third kappa shape index (κ3) is 23.4. The van der Waals surface area contributed by atoms with Crippen molar-refractivity contribution >= 4 is 51.7 Å². The van der Waals surface area contributed by atoms with Gasteiger partial charge in [0.25, 0.3) is 0 Å². The number of amides is 1. The largest absolute Gasteiger partial charge is 0.475 e. The van der Waals surface area contributed by atoms with Gasteiger partial charge >= 0.3 is 31.8 Å². The van der Waals surface area contributed by atoms with E-state index in [2.05, 4.69) is 38.9 Å². The van der Waals surface area contributed by atoms with E-state index in [-0.39, 0.29) is 63.1 Å². The molecule has 1 N–H and O–H groups in total. The summed E-state index contributed by atoms with van der Waals surface area (Å²) in [6.07, 6.45) is 22.3. The molecule has 372 valence electrons. The van der Waals surface area contributed by atoms with Crippen molar-refractivity contribution in [3.63, 3.8) is 0 Å². The predicted molar refractivity (Wildman–Crippen MR) is 261 cm³/mol. The van der Waals surface area contributed by atoms with Gasteiger partial charge in [0.2, 0.25) is 0 Å². The summed E-state index contributed by atoms with van der Waals surface area (Å²) < 4.78 is 62.2. The highest BCUT2D eigenvalue weighted by Gasteiger charge is 2.47. The van der Waals surface area contributed by atoms with Gasteiger partial charge in [-0.2, -0.15) is 0 Å². The Kier molecular flexibility index (Phi) is 27.9. The molecule has 1 aliphatic heterocycles. The minimum Gasteiger partial charge on any atom is -0.462 e. The molecule has 14 nitrogen and oxygen atoms in total. The number of cyclic esters (lactones) is 1. The molecule has 0 aromatic rings. The van der Waals surface area contributed by atoms with E-state index in [1.54, 1.807) is 30.4 Å². The molecule has 17 heteroatoms. The van der Waals surface area contributed by atoms with Crippen LogP contribution in [0.3, 0.4) is 0 Å². The zero-order valence-corrected chi connectivity index (χ0v) is 42.8. The van der Waals surface area contributed by atoms with Crippen LogP contribution in [0, 0.1) is 17.8 Å². The summed E-state index contributed by atoms with van der Waals surface area (Å²) in [5.41, 5.74) is -1.59. The number of rotatable bonds is 33. The molecular formula is C49H77ClNO13PSi. The van der Waals surface area contributed by atoms with Crippen molar-refractivity contribution in [2.75, 3.05) is 32.2 Å². The fourth-order valence-electron chi connectivity index (χ4n) is 7.53. The van der Waals surface area contributed by atoms with E-state index in [9.17, 15) is 23.7 Å². The number of allylic oxidation sites excluding steroid dienone is 3. The molecule has 1 fully saturated rings. The SMILES string of the molecule is C=CCOC(=O)NCC[C@](/C=C/[C@@H]1OC(=O)C=C[C@@H]1CC)(O[Si](C)(C)C)[C@@H](C[C@H](/C=C\C=C/[C@@H]1CCC[C@H](OC(=O)CCCC[C@@H](C)CC)C1)OC(=O)CCl)OP(=O)(OCC=C)OCC=C. The molecule has 2 rings (SSSR count). The monoisotopic (exact) mass is 981 g/mol. The van der Waals surface area contributed by atoms with Crippen LogP contribution in [-0.4, -0.2) is 94.6 Å². The summed E-state index contributed by atoms with van der Waals surface area (Å²) >= 11 is 5.99. The lowest BCUT2D eigenvalue weighted by Crippen LogP contribution is -2.53. The van der Waals surface area contributed by atoms with Crippen LogP contribution < -0.4 is 5.32 Å². The fraction of sp³-hybridized carbons (Fsp3) is 0.633. The van der Waals surface area contributed by atoms with Gasteiger partial charge in [0.05, 0.1) is 13.2 Å². The van der Waals surface area contributed by atoms with Gasteiger partial charge in [-0.15, -0.1) is 24.8 Å². The molecule has 1 amide bonds. The van der Waals surface area contributed by atoms with E-state index < -0.39 is 64.0 Å². The summed E-state index contributed by atoms with van der Waals surface area (Å²) in [4.78, 5) is 50.9. The maximum atomic E-state index is 14.6. The number of ether oxygens (including phenoxy) is 4. The minimum absolute atomic E-state index is 0.0108. The molecule has 1 aliphatic carbocycles. The first-order valence-electron chi connectivity index (χ1n) is 23.3. The molecule has 8 atom stereocenters. The van der Waals surface area contributed by atoms with Crippen LogP contribution in [0.4, 0.5) is 4.79 Å². The number of alkyl halides is 1. The zero-order chi connectivity index (χ0) is 49.0. The second-order valence-electron chi connectivity index (χ2n) is 17.6. The lowest BCUT2D eigenvalue weighted by molar-refractivity contribution is -0.151. The second kappa shape index (κ2) is 31.5. The van der Waals surface area contributed by atoms with Gasteiger partial charge < -0.3 is 28.7 Å². The lowest BCUT2D eigenvalue weighted by Gasteiger charge is -2.44. The molecule has 0 radical (unpaired) electrons. The summed E-state index contributed by atoms with van der Waals surface area (Å²) in [6.45, 7) is 22.7. The van der Waals surface area contributed by atoms with E-state index in [1.807, 2.05) is 38.7 Å². The molecule has 66 heavy (non-hydrogen) atoms. The molecule has 0 unspecified atom stereocenters. The number of phosphoric ester groups is 1. The molecule has 0 aromatic heterocycles. The van der Waals surface area contributed by atoms with E-state index in [0.717, 1.165) is 44.9 Å². The normalized spacial score (nSPS) is 21.4. The topological polar surface area (TPSA) is 171 Å². The molecule has 0 spiro atoms. The maximum absolute atomic E-state index is 14.6. The summed E-state index contributed by atoms with van der Waals surface area (Å²) in [5, 5.41) is 2.74. The molecule has 2 aliphatic rings. The Morgan fingerprint density at radius 1 is 1.02 bits per heavy atom. The van der Waals surface area contributed by atoms with Gasteiger partial charge in [0.15, 0.2) is 8.32 Å². The van der Waals surface area contributed by atoms with Crippen molar-refractivity contribution in [2.24, 2.45) is 17.8 Å². The Balaban J connectivity index is 2.65. The number of halogens is 1. The van der Waals surface area contributed by atoms with Crippen molar-refractivity contribution in [1.82, 2.24) is 5.32 Å². The van der Waals surface area contributed by atoms with Crippen LogP contribution in [0.25, 0.3) is 0 Å². The predicted octanol–water partition coefficient (Wildman–Crippen LogP) is 11.2. The Labute approximate surface area is 400 Å². The summed E-state index contributed by atoms with van der Waals surface area (Å²) in [6, 6.07) is 0. The standard InChI is InChI=1S/C49H77ClNO13PSi/c1-10-32-57-48(55)51-31-30-49(64-66(7,8)9,29-28-43-40(14-5)26-27-46(53)62-43)44(63-65(56,58-33-11-2)59-34-12-3)36-42(61-47(54)37-50)23-17-16-21-39-22-19-24-41(35-39)60-45(52)25-18-15-20-38(6)13-4/h10-12,16-17,21,23,26-29,38-44H,1-3,13-15,18-20,22,24-25,30-37H2,4-9H3,(H,51,55)/b21-16-,23-17-,29-28+/t38-,39+,40-,41-,42-,43-,44+,49-/m0/s1. The van der Waals surface area contributed by atoms with E-state index in [0.29, 0.717) is 25.2 Å². The van der Waals surface area contributed by atoms with E-state index in [1.165, 1.54) is 24.3 Å². The van der Waals surface area contributed by atoms with Crippen molar-refractivity contribution in [3.8, 4) is 0 Å². The van der Waals surface area contributed by atoms with Crippen LogP contribution >= 0.6 is 19.4 Å². The van der Waals surface area contributed by atoms with E-state index >= 15 is 0 Å². The third-order valence-electron chi connectivity index (χ3n) is 11.0. The molecule has 0 saturated heterocycles.